The highest BCUT2D eigenvalue weighted by Gasteiger charge is 2.16. The van der Waals surface area contributed by atoms with Crippen LogP contribution in [0.5, 0.6) is 5.75 Å². The van der Waals surface area contributed by atoms with Gasteiger partial charge < -0.3 is 4.74 Å². The molecule has 6 nitrogen and oxygen atoms in total. The van der Waals surface area contributed by atoms with Crippen LogP contribution in [0.2, 0.25) is 0 Å². The van der Waals surface area contributed by atoms with Crippen LogP contribution in [0.3, 0.4) is 0 Å². The monoisotopic (exact) mass is 443 g/mol. The fourth-order valence-electron chi connectivity index (χ4n) is 3.50. The Labute approximate surface area is 177 Å². The van der Waals surface area contributed by atoms with Gasteiger partial charge in [-0.1, -0.05) is 30.3 Å². The summed E-state index contributed by atoms with van der Waals surface area (Å²) in [6, 6.07) is 16.7. The minimum Gasteiger partial charge on any atom is -0.435 e. The van der Waals surface area contributed by atoms with Gasteiger partial charge in [0, 0.05) is 18.2 Å². The van der Waals surface area contributed by atoms with Crippen molar-refractivity contribution in [2.24, 2.45) is 5.14 Å². The van der Waals surface area contributed by atoms with E-state index in [1.807, 2.05) is 19.1 Å². The molecule has 0 amide bonds. The highest BCUT2D eigenvalue weighted by atomic mass is 32.2. The maximum absolute atomic E-state index is 12.8. The van der Waals surface area contributed by atoms with Crippen molar-refractivity contribution < 1.29 is 21.9 Å². The molecule has 0 aliphatic heterocycles. The Hall–Kier alpha value is -3.30. The number of nitrogens with two attached hydrogens (primary N) is 1. The van der Waals surface area contributed by atoms with Gasteiger partial charge in [0.05, 0.1) is 16.1 Å². The van der Waals surface area contributed by atoms with Crippen LogP contribution in [0.1, 0.15) is 16.8 Å². The number of alkyl halides is 2. The maximum atomic E-state index is 12.8. The van der Waals surface area contributed by atoms with Crippen molar-refractivity contribution in [3.05, 3.63) is 83.7 Å². The fraction of sp³-hybridized carbons (Fsp3) is 0.136. The normalized spacial score (nSPS) is 11.9. The van der Waals surface area contributed by atoms with Crippen LogP contribution in [0, 0.1) is 6.92 Å². The standard InChI is InChI=1S/C22H19F2N3O3S/c1-14-19(12-17-4-2-3-5-21(17)30-22(23)24)20-13-16(10-11-27(20)26-14)15-6-8-18(9-7-15)31(25,28)29/h2-11,13,22H,12H2,1H3,(H2,25,28,29). The third-order valence-corrected chi connectivity index (χ3v) is 5.94. The Bertz CT molecular complexity index is 1350. The first-order chi connectivity index (χ1) is 14.7. The molecular weight excluding hydrogens is 424 g/mol. The van der Waals surface area contributed by atoms with E-state index in [1.54, 1.807) is 41.0 Å². The minimum atomic E-state index is -3.77. The Morgan fingerprint density at radius 3 is 2.45 bits per heavy atom. The van der Waals surface area contributed by atoms with Crippen LogP contribution >= 0.6 is 0 Å². The van der Waals surface area contributed by atoms with Gasteiger partial charge in [0.2, 0.25) is 10.0 Å². The number of aryl methyl sites for hydroxylation is 1. The summed E-state index contributed by atoms with van der Waals surface area (Å²) in [6.45, 7) is -1.04. The molecule has 0 bridgehead atoms. The second kappa shape index (κ2) is 8.09. The molecule has 31 heavy (non-hydrogen) atoms. The second-order valence-electron chi connectivity index (χ2n) is 7.04. The van der Waals surface area contributed by atoms with Crippen LogP contribution < -0.4 is 9.88 Å². The van der Waals surface area contributed by atoms with E-state index in [4.69, 9.17) is 5.14 Å². The van der Waals surface area contributed by atoms with Gasteiger partial charge in [-0.3, -0.25) is 0 Å². The second-order valence-corrected chi connectivity index (χ2v) is 8.60. The molecule has 160 valence electrons. The third kappa shape index (κ3) is 4.42. The van der Waals surface area contributed by atoms with E-state index in [0.717, 1.165) is 27.9 Å². The van der Waals surface area contributed by atoms with E-state index in [2.05, 4.69) is 9.84 Å². The lowest BCUT2D eigenvalue weighted by atomic mass is 10.0. The van der Waals surface area contributed by atoms with Crippen molar-refractivity contribution in [3.8, 4) is 16.9 Å². The fourth-order valence-corrected chi connectivity index (χ4v) is 4.01. The maximum Gasteiger partial charge on any atom is 0.387 e. The minimum absolute atomic E-state index is 0.0360. The molecule has 0 aliphatic carbocycles. The molecule has 0 aliphatic rings. The number of fused-ring (bicyclic) bond motifs is 1. The first-order valence-electron chi connectivity index (χ1n) is 9.36. The molecule has 0 saturated heterocycles. The van der Waals surface area contributed by atoms with E-state index in [1.165, 1.54) is 18.2 Å². The topological polar surface area (TPSA) is 86.7 Å². The number of benzene rings is 2. The Morgan fingerprint density at radius 2 is 1.77 bits per heavy atom. The molecule has 4 aromatic rings. The summed E-state index contributed by atoms with van der Waals surface area (Å²) in [7, 11) is -3.77. The molecule has 2 aromatic carbocycles. The molecule has 0 fully saturated rings. The number of hydrogen-bond donors (Lipinski definition) is 1. The molecule has 9 heteroatoms. The number of ether oxygens (including phenoxy) is 1. The summed E-state index contributed by atoms with van der Waals surface area (Å²) in [5, 5.41) is 9.67. The zero-order chi connectivity index (χ0) is 22.2. The van der Waals surface area contributed by atoms with Crippen molar-refractivity contribution in [1.29, 1.82) is 0 Å². The summed E-state index contributed by atoms with van der Waals surface area (Å²) in [5.74, 6) is 0.131. The summed E-state index contributed by atoms with van der Waals surface area (Å²) in [5.41, 5.74) is 4.76. The van der Waals surface area contributed by atoms with Crippen LogP contribution in [-0.4, -0.2) is 24.6 Å². The predicted molar refractivity (Wildman–Crippen MR) is 113 cm³/mol. The number of nitrogens with zero attached hydrogens (tertiary/aromatic N) is 2. The molecule has 2 heterocycles. The first-order valence-corrected chi connectivity index (χ1v) is 10.9. The van der Waals surface area contributed by atoms with Crippen molar-refractivity contribution in [2.45, 2.75) is 24.9 Å². The molecule has 0 saturated carbocycles. The average Bonchev–Trinajstić information content (AvgIpc) is 3.03. The molecule has 0 unspecified atom stereocenters. The lowest BCUT2D eigenvalue weighted by molar-refractivity contribution is -0.0503. The molecule has 0 spiro atoms. The van der Waals surface area contributed by atoms with E-state index < -0.39 is 16.6 Å². The zero-order valence-corrected chi connectivity index (χ0v) is 17.3. The number of primary sulfonamides is 1. The number of aromatic nitrogens is 2. The smallest absolute Gasteiger partial charge is 0.387 e. The number of para-hydroxylation sites is 1. The molecular formula is C22H19F2N3O3S. The molecule has 2 aromatic heterocycles. The highest BCUT2D eigenvalue weighted by molar-refractivity contribution is 7.89. The van der Waals surface area contributed by atoms with Gasteiger partial charge in [0.15, 0.2) is 0 Å². The van der Waals surface area contributed by atoms with Crippen LogP contribution in [0.4, 0.5) is 8.78 Å². The van der Waals surface area contributed by atoms with E-state index >= 15 is 0 Å². The van der Waals surface area contributed by atoms with Gasteiger partial charge >= 0.3 is 6.61 Å². The summed E-state index contributed by atoms with van der Waals surface area (Å²) in [4.78, 5) is 0.0360. The number of rotatable bonds is 6. The molecule has 0 atom stereocenters. The van der Waals surface area contributed by atoms with Gasteiger partial charge in [0.1, 0.15) is 5.75 Å². The SMILES string of the molecule is Cc1nn2ccc(-c3ccc(S(N)(=O)=O)cc3)cc2c1Cc1ccccc1OC(F)F. The van der Waals surface area contributed by atoms with Crippen LogP contribution in [-0.2, 0) is 16.4 Å². The molecule has 0 radical (unpaired) electrons. The Morgan fingerprint density at radius 1 is 1.06 bits per heavy atom. The lowest BCUT2D eigenvalue weighted by Gasteiger charge is -2.11. The Balaban J connectivity index is 1.74. The molecule has 2 N–H and O–H groups in total. The highest BCUT2D eigenvalue weighted by Crippen LogP contribution is 2.29. The van der Waals surface area contributed by atoms with E-state index in [0.29, 0.717) is 12.0 Å². The van der Waals surface area contributed by atoms with Gasteiger partial charge in [-0.2, -0.15) is 13.9 Å². The van der Waals surface area contributed by atoms with Crippen LogP contribution in [0.25, 0.3) is 16.6 Å². The van der Waals surface area contributed by atoms with E-state index in [9.17, 15) is 17.2 Å². The van der Waals surface area contributed by atoms with Crippen molar-refractivity contribution >= 4 is 15.5 Å². The first kappa shape index (κ1) is 21.0. The summed E-state index contributed by atoms with van der Waals surface area (Å²) < 4.78 is 54.9. The van der Waals surface area contributed by atoms with Gasteiger partial charge in [-0.15, -0.1) is 0 Å². The number of pyridine rings is 1. The number of sulfonamides is 1. The third-order valence-electron chi connectivity index (χ3n) is 5.01. The number of halogens is 2. The molecule has 4 rings (SSSR count). The van der Waals surface area contributed by atoms with Crippen LogP contribution in [0.15, 0.2) is 71.8 Å². The van der Waals surface area contributed by atoms with Crippen molar-refractivity contribution in [1.82, 2.24) is 9.61 Å². The zero-order valence-electron chi connectivity index (χ0n) is 16.5. The summed E-state index contributed by atoms with van der Waals surface area (Å²) >= 11 is 0. The van der Waals surface area contributed by atoms with Gasteiger partial charge in [0.25, 0.3) is 0 Å². The largest absolute Gasteiger partial charge is 0.435 e. The average molecular weight is 443 g/mol. The summed E-state index contributed by atoms with van der Waals surface area (Å²) in [6.07, 6.45) is 2.17. The number of hydrogen-bond acceptors (Lipinski definition) is 4. The lowest BCUT2D eigenvalue weighted by Crippen LogP contribution is -2.11. The van der Waals surface area contributed by atoms with E-state index in [-0.39, 0.29) is 10.6 Å². The van der Waals surface area contributed by atoms with Gasteiger partial charge in [-0.25, -0.2) is 18.1 Å². The van der Waals surface area contributed by atoms with Gasteiger partial charge in [-0.05, 0) is 53.9 Å². The predicted octanol–water partition coefficient (Wildman–Crippen LogP) is 4.15. The van der Waals surface area contributed by atoms with Crippen molar-refractivity contribution in [2.75, 3.05) is 0 Å². The Kier molecular flexibility index (Phi) is 5.47. The quantitative estimate of drug-likeness (QED) is 0.485. The van der Waals surface area contributed by atoms with Crippen molar-refractivity contribution in [3.63, 3.8) is 0 Å².